The van der Waals surface area contributed by atoms with Crippen LogP contribution >= 0.6 is 11.6 Å². The van der Waals surface area contributed by atoms with Crippen LogP contribution in [0.3, 0.4) is 0 Å². The molecule has 0 radical (unpaired) electrons. The highest BCUT2D eigenvalue weighted by Gasteiger charge is 2.35. The third-order valence-corrected chi connectivity index (χ3v) is 6.28. The molecule has 0 saturated carbocycles. The molecule has 3 N–H and O–H groups in total. The summed E-state index contributed by atoms with van der Waals surface area (Å²) in [6.07, 6.45) is 1.57. The molecule has 1 aliphatic carbocycles. The number of halogens is 2. The highest BCUT2D eigenvalue weighted by Crippen LogP contribution is 2.42. The number of nitrogens with two attached hydrogens (primary N) is 1. The highest BCUT2D eigenvalue weighted by molar-refractivity contribution is 6.30. The predicted molar refractivity (Wildman–Crippen MR) is 112 cm³/mol. The van der Waals surface area contributed by atoms with Gasteiger partial charge in [0.1, 0.15) is 18.0 Å². The minimum Gasteiger partial charge on any atom is -0.387 e. The van der Waals surface area contributed by atoms with Gasteiger partial charge in [-0.25, -0.2) is 14.4 Å². The first-order chi connectivity index (χ1) is 14.4. The van der Waals surface area contributed by atoms with E-state index in [9.17, 15) is 14.3 Å². The maximum atomic E-state index is 14.3. The van der Waals surface area contributed by atoms with Gasteiger partial charge in [-0.1, -0.05) is 24.6 Å². The van der Waals surface area contributed by atoms with Gasteiger partial charge in [-0.2, -0.15) is 0 Å². The minimum absolute atomic E-state index is 0.0203. The van der Waals surface area contributed by atoms with Crippen LogP contribution in [0.15, 0.2) is 24.5 Å². The van der Waals surface area contributed by atoms with Crippen LogP contribution in [0.5, 0.6) is 0 Å². The topological polar surface area (TPSA) is 95.6 Å². The van der Waals surface area contributed by atoms with E-state index in [1.807, 2.05) is 0 Å². The van der Waals surface area contributed by atoms with Crippen molar-refractivity contribution >= 4 is 23.3 Å². The number of carbonyl (C=O) groups is 1. The third kappa shape index (κ3) is 3.75. The fourth-order valence-corrected chi connectivity index (χ4v) is 4.62. The number of rotatable bonds is 4. The lowest BCUT2D eigenvalue weighted by Gasteiger charge is -2.37. The second-order valence-electron chi connectivity index (χ2n) is 7.92. The van der Waals surface area contributed by atoms with Crippen LogP contribution in [0.1, 0.15) is 48.1 Å². The second kappa shape index (κ2) is 8.45. The summed E-state index contributed by atoms with van der Waals surface area (Å²) in [5, 5.41) is 10.5. The molecule has 2 aromatic rings. The summed E-state index contributed by atoms with van der Waals surface area (Å²) in [5.74, 6) is -0.438. The van der Waals surface area contributed by atoms with Crippen LogP contribution in [-0.4, -0.2) is 58.6 Å². The summed E-state index contributed by atoms with van der Waals surface area (Å²) < 4.78 is 14.3. The zero-order valence-electron chi connectivity index (χ0n) is 16.8. The molecule has 2 aliphatic rings. The fraction of sp³-hybridized carbons (Fsp3) is 0.476. The number of fused-ring (bicyclic) bond motifs is 1. The first-order valence-electron chi connectivity index (χ1n) is 10.1. The van der Waals surface area contributed by atoms with Crippen molar-refractivity contribution in [1.29, 1.82) is 0 Å². The van der Waals surface area contributed by atoms with Crippen LogP contribution in [-0.2, 0) is 4.79 Å². The van der Waals surface area contributed by atoms with Crippen LogP contribution in [0.4, 0.5) is 10.2 Å². The molecule has 30 heavy (non-hydrogen) atoms. The molecule has 3 atom stereocenters. The first kappa shape index (κ1) is 21.0. The van der Waals surface area contributed by atoms with Crippen LogP contribution in [0.2, 0.25) is 5.02 Å². The summed E-state index contributed by atoms with van der Waals surface area (Å²) in [6, 6.07) is 4.30. The molecule has 0 spiro atoms. The lowest BCUT2D eigenvalue weighted by atomic mass is 9.96. The average Bonchev–Trinajstić information content (AvgIpc) is 3.04. The lowest BCUT2D eigenvalue weighted by molar-refractivity contribution is -0.133. The van der Waals surface area contributed by atoms with Crippen LogP contribution < -0.4 is 10.6 Å². The summed E-state index contributed by atoms with van der Waals surface area (Å²) in [5.41, 5.74) is 7.79. The van der Waals surface area contributed by atoms with E-state index in [4.69, 9.17) is 17.3 Å². The number of aliphatic hydroxyl groups is 1. The smallest absolute Gasteiger partial charge is 0.231 e. The Morgan fingerprint density at radius 2 is 2.07 bits per heavy atom. The fourth-order valence-electron chi connectivity index (χ4n) is 4.46. The van der Waals surface area contributed by atoms with Crippen molar-refractivity contribution in [1.82, 2.24) is 14.9 Å². The maximum Gasteiger partial charge on any atom is 0.231 e. The third-order valence-electron chi connectivity index (χ3n) is 6.04. The van der Waals surface area contributed by atoms with Gasteiger partial charge < -0.3 is 20.6 Å². The molecule has 1 aromatic heterocycles. The van der Waals surface area contributed by atoms with Gasteiger partial charge in [0.05, 0.1) is 17.7 Å². The number of hydrogen-bond donors (Lipinski definition) is 2. The molecule has 1 amide bonds. The van der Waals surface area contributed by atoms with Gasteiger partial charge in [-0.15, -0.1) is 0 Å². The van der Waals surface area contributed by atoms with E-state index in [1.165, 1.54) is 18.5 Å². The number of aromatic nitrogens is 2. The molecular formula is C21H25ClFN5O2. The van der Waals surface area contributed by atoms with E-state index >= 15 is 0 Å². The Hall–Kier alpha value is -2.29. The highest BCUT2D eigenvalue weighted by atomic mass is 35.5. The summed E-state index contributed by atoms with van der Waals surface area (Å²) in [6.45, 7) is 4.25. The summed E-state index contributed by atoms with van der Waals surface area (Å²) in [7, 11) is 0. The molecule has 1 aromatic carbocycles. The number of nitrogens with zero attached hydrogens (tertiary/aromatic N) is 4. The van der Waals surface area contributed by atoms with Gasteiger partial charge >= 0.3 is 0 Å². The number of aliphatic hydroxyl groups excluding tert-OH is 1. The standard InChI is InChI=1S/C21H25ClFN5O2/c1-12-8-17(29)19-18(12)20(26-11-25-19)27-4-6-28(7-5-27)21(30)15(10-24)14-3-2-13(22)9-16(14)23/h2-3,9,11-12,15,17,29H,4-8,10,24H2,1H3/t12-,15?,17-/m1/s1. The molecule has 4 rings (SSSR count). The Morgan fingerprint density at radius 3 is 2.73 bits per heavy atom. The molecule has 1 fully saturated rings. The number of anilines is 1. The number of hydrogen-bond acceptors (Lipinski definition) is 6. The van der Waals surface area contributed by atoms with Gasteiger partial charge in [0.25, 0.3) is 0 Å². The Kier molecular flexibility index (Phi) is 5.90. The Bertz CT molecular complexity index is 951. The van der Waals surface area contributed by atoms with E-state index in [0.29, 0.717) is 38.3 Å². The van der Waals surface area contributed by atoms with Crippen LogP contribution in [0, 0.1) is 5.82 Å². The molecule has 160 valence electrons. The molecular weight excluding hydrogens is 409 g/mol. The molecule has 9 heteroatoms. The summed E-state index contributed by atoms with van der Waals surface area (Å²) >= 11 is 5.83. The number of benzene rings is 1. The number of piperazine rings is 1. The Balaban J connectivity index is 1.48. The van der Waals surface area contributed by atoms with E-state index in [2.05, 4.69) is 21.8 Å². The quantitative estimate of drug-likeness (QED) is 0.767. The molecule has 1 saturated heterocycles. The van der Waals surface area contributed by atoms with E-state index in [0.717, 1.165) is 11.4 Å². The molecule has 1 aliphatic heterocycles. The zero-order chi connectivity index (χ0) is 21.4. The maximum absolute atomic E-state index is 14.3. The minimum atomic E-state index is -0.743. The van der Waals surface area contributed by atoms with Gasteiger partial charge in [-0.3, -0.25) is 4.79 Å². The number of amides is 1. The largest absolute Gasteiger partial charge is 0.387 e. The Labute approximate surface area is 179 Å². The molecule has 0 bridgehead atoms. The molecule has 2 heterocycles. The second-order valence-corrected chi connectivity index (χ2v) is 8.35. The van der Waals surface area contributed by atoms with Crippen molar-refractivity contribution in [3.05, 3.63) is 52.2 Å². The number of carbonyl (C=O) groups excluding carboxylic acids is 1. The normalized spacial score (nSPS) is 22.2. The predicted octanol–water partition coefficient (Wildman–Crippen LogP) is 2.20. The van der Waals surface area contributed by atoms with Crippen molar-refractivity contribution in [2.24, 2.45) is 5.73 Å². The van der Waals surface area contributed by atoms with Crippen LogP contribution in [0.25, 0.3) is 0 Å². The zero-order valence-corrected chi connectivity index (χ0v) is 17.5. The summed E-state index contributed by atoms with van der Waals surface area (Å²) in [4.78, 5) is 25.6. The van der Waals surface area contributed by atoms with Gasteiger partial charge in [0.2, 0.25) is 5.91 Å². The van der Waals surface area contributed by atoms with Crippen molar-refractivity contribution in [2.45, 2.75) is 31.3 Å². The average molecular weight is 434 g/mol. The van der Waals surface area contributed by atoms with E-state index in [1.54, 1.807) is 11.0 Å². The first-order valence-corrected chi connectivity index (χ1v) is 10.5. The van der Waals surface area contributed by atoms with Gasteiger partial charge in [-0.05, 0) is 24.5 Å². The SMILES string of the molecule is C[C@@H]1C[C@@H](O)c2ncnc(N3CCN(C(=O)C(CN)c4ccc(Cl)cc4F)CC3)c21. The monoisotopic (exact) mass is 433 g/mol. The van der Waals surface area contributed by atoms with Crippen molar-refractivity contribution in [3.8, 4) is 0 Å². The van der Waals surface area contributed by atoms with Gasteiger partial charge in [0, 0.05) is 48.9 Å². The van der Waals surface area contributed by atoms with E-state index < -0.39 is 17.8 Å². The van der Waals surface area contributed by atoms with E-state index in [-0.39, 0.29) is 29.0 Å². The van der Waals surface area contributed by atoms with Crippen molar-refractivity contribution < 1.29 is 14.3 Å². The molecule has 7 nitrogen and oxygen atoms in total. The molecule has 1 unspecified atom stereocenters. The Morgan fingerprint density at radius 1 is 1.33 bits per heavy atom. The van der Waals surface area contributed by atoms with Crippen molar-refractivity contribution in [3.63, 3.8) is 0 Å². The lowest BCUT2D eigenvalue weighted by Crippen LogP contribution is -2.51. The van der Waals surface area contributed by atoms with Crippen molar-refractivity contribution in [2.75, 3.05) is 37.6 Å². The van der Waals surface area contributed by atoms with Gasteiger partial charge in [0.15, 0.2) is 0 Å².